The first-order valence-corrected chi connectivity index (χ1v) is 6.61. The van der Waals surface area contributed by atoms with Gasteiger partial charge in [0.25, 0.3) is 0 Å². The van der Waals surface area contributed by atoms with Crippen LogP contribution in [0.25, 0.3) is 10.8 Å². The molecule has 19 heavy (non-hydrogen) atoms. The topological polar surface area (TPSA) is 29.5 Å². The molecule has 0 amide bonds. The number of benzene rings is 2. The zero-order valence-corrected chi connectivity index (χ0v) is 10.9. The van der Waals surface area contributed by atoms with E-state index >= 15 is 0 Å². The van der Waals surface area contributed by atoms with E-state index in [9.17, 15) is 9.50 Å². The number of ether oxygens (including phenoxy) is 1. The summed E-state index contributed by atoms with van der Waals surface area (Å²) in [6.45, 7) is 2.59. The van der Waals surface area contributed by atoms with Crippen LogP contribution in [-0.4, -0.2) is 17.3 Å². The molecule has 3 rings (SSSR count). The van der Waals surface area contributed by atoms with E-state index in [-0.39, 0.29) is 5.82 Å². The summed E-state index contributed by atoms with van der Waals surface area (Å²) in [5, 5.41) is 11.9. The summed E-state index contributed by atoms with van der Waals surface area (Å²) in [5.41, 5.74) is 0.169. The summed E-state index contributed by atoms with van der Waals surface area (Å²) in [5.74, 6) is -0.260. The second kappa shape index (κ2) is 4.58. The molecule has 2 atom stereocenters. The molecule has 0 saturated carbocycles. The van der Waals surface area contributed by atoms with Crippen LogP contribution in [0.15, 0.2) is 36.4 Å². The molecule has 100 valence electrons. The molecule has 1 N–H and O–H groups in total. The lowest BCUT2D eigenvalue weighted by atomic mass is 9.87. The first-order chi connectivity index (χ1) is 9.12. The summed E-state index contributed by atoms with van der Waals surface area (Å²) < 4.78 is 19.5. The number of aliphatic hydroxyl groups is 1. The van der Waals surface area contributed by atoms with E-state index < -0.39 is 11.7 Å². The van der Waals surface area contributed by atoms with Gasteiger partial charge >= 0.3 is 0 Å². The maximum atomic E-state index is 13.8. The minimum absolute atomic E-state index is 0.260. The number of aliphatic hydroxyl groups excluding tert-OH is 1. The van der Waals surface area contributed by atoms with Gasteiger partial charge < -0.3 is 9.84 Å². The molecule has 2 nitrogen and oxygen atoms in total. The molecule has 2 aromatic rings. The highest BCUT2D eigenvalue weighted by atomic mass is 19.1. The van der Waals surface area contributed by atoms with Gasteiger partial charge in [-0.25, -0.2) is 4.39 Å². The largest absolute Gasteiger partial charge is 0.385 e. The van der Waals surface area contributed by atoms with Gasteiger partial charge in [0.1, 0.15) is 11.9 Å². The molecule has 1 fully saturated rings. The van der Waals surface area contributed by atoms with E-state index in [1.807, 2.05) is 19.1 Å². The smallest absolute Gasteiger partial charge is 0.131 e. The van der Waals surface area contributed by atoms with E-state index in [1.165, 1.54) is 6.07 Å². The van der Waals surface area contributed by atoms with Crippen LogP contribution in [0.2, 0.25) is 0 Å². The van der Waals surface area contributed by atoms with Crippen LogP contribution in [-0.2, 0) is 4.74 Å². The Morgan fingerprint density at radius 3 is 2.63 bits per heavy atom. The lowest BCUT2D eigenvalue weighted by Gasteiger charge is -2.30. The van der Waals surface area contributed by atoms with Gasteiger partial charge in [0.2, 0.25) is 0 Å². The maximum Gasteiger partial charge on any atom is 0.131 e. The summed E-state index contributed by atoms with van der Waals surface area (Å²) >= 11 is 0. The van der Waals surface area contributed by atoms with E-state index in [4.69, 9.17) is 4.74 Å². The Hall–Kier alpha value is -1.45. The Morgan fingerprint density at radius 2 is 1.95 bits per heavy atom. The molecular formula is C16H17FO2. The van der Waals surface area contributed by atoms with Crippen LogP contribution in [0.3, 0.4) is 0 Å². The number of rotatable bonds is 2. The van der Waals surface area contributed by atoms with Crippen molar-refractivity contribution in [1.82, 2.24) is 0 Å². The minimum atomic E-state index is -0.736. The molecule has 1 aliphatic heterocycles. The van der Waals surface area contributed by atoms with Crippen molar-refractivity contribution in [1.29, 1.82) is 0 Å². The van der Waals surface area contributed by atoms with Crippen LogP contribution < -0.4 is 0 Å². The summed E-state index contributed by atoms with van der Waals surface area (Å²) in [6, 6.07) is 10.3. The predicted octanol–water partition coefficient (Wildman–Crippen LogP) is 3.58. The van der Waals surface area contributed by atoms with Gasteiger partial charge in [-0.1, -0.05) is 30.3 Å². The van der Waals surface area contributed by atoms with Crippen LogP contribution in [0, 0.1) is 5.82 Å². The zero-order chi connectivity index (χ0) is 13.5. The lowest BCUT2D eigenvalue weighted by molar-refractivity contribution is -0.0790. The SMILES string of the molecule is CC1(C(O)c2ccc(F)c3ccccc23)CCCO1. The number of hydrogen-bond donors (Lipinski definition) is 1. The van der Waals surface area contributed by atoms with Crippen LogP contribution in [0.5, 0.6) is 0 Å². The lowest BCUT2D eigenvalue weighted by Crippen LogP contribution is -2.32. The fraction of sp³-hybridized carbons (Fsp3) is 0.375. The predicted molar refractivity (Wildman–Crippen MR) is 72.5 cm³/mol. The van der Waals surface area contributed by atoms with Gasteiger partial charge in [0.05, 0.1) is 5.60 Å². The third-order valence-corrected chi connectivity index (χ3v) is 4.03. The Balaban J connectivity index is 2.12. The molecule has 0 aliphatic carbocycles. The normalized spacial score (nSPS) is 24.8. The van der Waals surface area contributed by atoms with Gasteiger partial charge in [0.15, 0.2) is 0 Å². The number of fused-ring (bicyclic) bond motifs is 1. The molecule has 0 bridgehead atoms. The van der Waals surface area contributed by atoms with Crippen molar-refractivity contribution in [3.05, 3.63) is 47.8 Å². The van der Waals surface area contributed by atoms with E-state index in [0.29, 0.717) is 12.0 Å². The second-order valence-electron chi connectivity index (χ2n) is 5.35. The third-order valence-electron chi connectivity index (χ3n) is 4.03. The van der Waals surface area contributed by atoms with E-state index in [2.05, 4.69) is 0 Å². The minimum Gasteiger partial charge on any atom is -0.385 e. The molecule has 1 saturated heterocycles. The summed E-state index contributed by atoms with van der Waals surface area (Å²) in [4.78, 5) is 0. The molecular weight excluding hydrogens is 243 g/mol. The highest BCUT2D eigenvalue weighted by molar-refractivity contribution is 5.86. The molecule has 2 aromatic carbocycles. The standard InChI is InChI=1S/C16H17FO2/c1-16(9-4-10-19-16)15(18)13-7-8-14(17)12-6-3-2-5-11(12)13/h2-3,5-8,15,18H,4,9-10H2,1H3. The Bertz CT molecular complexity index is 603. The van der Waals surface area contributed by atoms with Gasteiger partial charge in [-0.3, -0.25) is 0 Å². The van der Waals surface area contributed by atoms with Crippen molar-refractivity contribution in [2.45, 2.75) is 31.5 Å². The van der Waals surface area contributed by atoms with Crippen LogP contribution in [0.4, 0.5) is 4.39 Å². The quantitative estimate of drug-likeness (QED) is 0.894. The van der Waals surface area contributed by atoms with Gasteiger partial charge in [-0.2, -0.15) is 0 Å². The Kier molecular flexibility index (Phi) is 3.03. The summed E-state index contributed by atoms with van der Waals surface area (Å²) in [7, 11) is 0. The van der Waals surface area contributed by atoms with E-state index in [0.717, 1.165) is 23.8 Å². The van der Waals surface area contributed by atoms with Crippen molar-refractivity contribution in [2.24, 2.45) is 0 Å². The van der Waals surface area contributed by atoms with Crippen molar-refractivity contribution >= 4 is 10.8 Å². The van der Waals surface area contributed by atoms with Crippen molar-refractivity contribution in [3.63, 3.8) is 0 Å². The molecule has 0 radical (unpaired) electrons. The zero-order valence-electron chi connectivity index (χ0n) is 10.9. The Morgan fingerprint density at radius 1 is 1.21 bits per heavy atom. The fourth-order valence-corrected chi connectivity index (χ4v) is 2.87. The maximum absolute atomic E-state index is 13.8. The average molecular weight is 260 g/mol. The van der Waals surface area contributed by atoms with Crippen molar-refractivity contribution in [3.8, 4) is 0 Å². The Labute approximate surface area is 111 Å². The van der Waals surface area contributed by atoms with Gasteiger partial charge in [0, 0.05) is 12.0 Å². The van der Waals surface area contributed by atoms with Gasteiger partial charge in [-0.15, -0.1) is 0 Å². The number of halogens is 1. The van der Waals surface area contributed by atoms with Crippen LogP contribution in [0.1, 0.15) is 31.4 Å². The average Bonchev–Trinajstić information content (AvgIpc) is 2.87. The highest BCUT2D eigenvalue weighted by Gasteiger charge is 2.38. The third kappa shape index (κ3) is 2.03. The van der Waals surface area contributed by atoms with E-state index in [1.54, 1.807) is 18.2 Å². The highest BCUT2D eigenvalue weighted by Crippen LogP contribution is 2.39. The molecule has 2 unspecified atom stereocenters. The molecule has 1 heterocycles. The van der Waals surface area contributed by atoms with Gasteiger partial charge in [-0.05, 0) is 36.8 Å². The monoisotopic (exact) mass is 260 g/mol. The molecule has 1 aliphatic rings. The first-order valence-electron chi connectivity index (χ1n) is 6.61. The first kappa shape index (κ1) is 12.6. The van der Waals surface area contributed by atoms with Crippen molar-refractivity contribution in [2.75, 3.05) is 6.61 Å². The fourth-order valence-electron chi connectivity index (χ4n) is 2.87. The van der Waals surface area contributed by atoms with Crippen molar-refractivity contribution < 1.29 is 14.2 Å². The molecule has 3 heteroatoms. The summed E-state index contributed by atoms with van der Waals surface area (Å²) in [6.07, 6.45) is 1.03. The number of hydrogen-bond acceptors (Lipinski definition) is 2. The molecule has 0 aromatic heterocycles. The second-order valence-corrected chi connectivity index (χ2v) is 5.35. The van der Waals surface area contributed by atoms with Crippen LogP contribution >= 0.6 is 0 Å². The molecule has 0 spiro atoms.